The van der Waals surface area contributed by atoms with Crippen LogP contribution in [0.3, 0.4) is 0 Å². The van der Waals surface area contributed by atoms with Gasteiger partial charge in [-0.3, -0.25) is 4.79 Å². The van der Waals surface area contributed by atoms with Gasteiger partial charge in [0, 0.05) is 41.3 Å². The molecule has 1 fully saturated rings. The van der Waals surface area contributed by atoms with Gasteiger partial charge in [-0.05, 0) is 49.4 Å². The molecule has 0 saturated carbocycles. The summed E-state index contributed by atoms with van der Waals surface area (Å²) in [6, 6.07) is 13.8. The zero-order chi connectivity index (χ0) is 19.7. The van der Waals surface area contributed by atoms with Crippen molar-refractivity contribution in [3.05, 3.63) is 59.3 Å². The van der Waals surface area contributed by atoms with Crippen molar-refractivity contribution >= 4 is 16.8 Å². The van der Waals surface area contributed by atoms with Gasteiger partial charge in [-0.2, -0.15) is 0 Å². The Balaban J connectivity index is 1.51. The summed E-state index contributed by atoms with van der Waals surface area (Å²) in [6.07, 6.45) is 1.94. The standard InChI is InChI=1S/C23H26N2O3/c1-15-22(20-6-4-5-7-21(20)24-15)16-8-10-25(11-9-16)23(26)17-12-18(27-2)14-19(13-17)28-3/h4-7,12-14,16,24H,8-11H2,1-3H3. The second-order valence-corrected chi connectivity index (χ2v) is 7.38. The number of H-pyrrole nitrogens is 1. The van der Waals surface area contributed by atoms with E-state index in [2.05, 4.69) is 36.2 Å². The van der Waals surface area contributed by atoms with Gasteiger partial charge in [-0.15, -0.1) is 0 Å². The second kappa shape index (κ2) is 7.58. The van der Waals surface area contributed by atoms with Gasteiger partial charge < -0.3 is 19.4 Å². The van der Waals surface area contributed by atoms with Crippen LogP contribution < -0.4 is 9.47 Å². The average molecular weight is 378 g/mol. The number of rotatable bonds is 4. The number of carbonyl (C=O) groups is 1. The molecule has 0 spiro atoms. The number of benzene rings is 2. The van der Waals surface area contributed by atoms with Crippen molar-refractivity contribution < 1.29 is 14.3 Å². The summed E-state index contributed by atoms with van der Waals surface area (Å²) in [5.41, 5.74) is 4.45. The number of aromatic nitrogens is 1. The molecule has 0 radical (unpaired) electrons. The molecule has 1 aliphatic rings. The van der Waals surface area contributed by atoms with Crippen molar-refractivity contribution in [1.82, 2.24) is 9.88 Å². The highest BCUT2D eigenvalue weighted by Gasteiger charge is 2.27. The summed E-state index contributed by atoms with van der Waals surface area (Å²) < 4.78 is 10.6. The van der Waals surface area contributed by atoms with Crippen LogP contribution >= 0.6 is 0 Å². The van der Waals surface area contributed by atoms with Crippen molar-refractivity contribution in [2.24, 2.45) is 0 Å². The molecule has 0 unspecified atom stereocenters. The first-order chi connectivity index (χ1) is 13.6. The number of nitrogens with one attached hydrogen (secondary N) is 1. The molecule has 5 heteroatoms. The normalized spacial score (nSPS) is 15.0. The SMILES string of the molecule is COc1cc(OC)cc(C(=O)N2CCC(c3c(C)[nH]c4ccccc34)CC2)c1. The predicted molar refractivity (Wildman–Crippen MR) is 110 cm³/mol. The minimum absolute atomic E-state index is 0.0336. The van der Waals surface area contributed by atoms with Crippen LogP contribution in [0.5, 0.6) is 11.5 Å². The molecule has 2 heterocycles. The van der Waals surface area contributed by atoms with Gasteiger partial charge in [0.05, 0.1) is 14.2 Å². The Bertz CT molecular complexity index is 978. The fourth-order valence-corrected chi connectivity index (χ4v) is 4.31. The summed E-state index contributed by atoms with van der Waals surface area (Å²) in [4.78, 5) is 18.5. The van der Waals surface area contributed by atoms with Crippen LogP contribution in [0.4, 0.5) is 0 Å². The molecule has 4 rings (SSSR count). The van der Waals surface area contributed by atoms with Gasteiger partial charge in [0.2, 0.25) is 0 Å². The minimum Gasteiger partial charge on any atom is -0.497 e. The number of ether oxygens (including phenoxy) is 2. The first-order valence-corrected chi connectivity index (χ1v) is 9.70. The smallest absolute Gasteiger partial charge is 0.254 e. The zero-order valence-electron chi connectivity index (χ0n) is 16.6. The molecule has 0 bridgehead atoms. The second-order valence-electron chi connectivity index (χ2n) is 7.38. The van der Waals surface area contributed by atoms with Crippen molar-refractivity contribution in [2.45, 2.75) is 25.7 Å². The maximum Gasteiger partial charge on any atom is 0.254 e. The number of carbonyl (C=O) groups excluding carboxylic acids is 1. The van der Waals surface area contributed by atoms with Gasteiger partial charge in [0.25, 0.3) is 5.91 Å². The predicted octanol–water partition coefficient (Wildman–Crippen LogP) is 4.51. The number of piperidine rings is 1. The Kier molecular flexibility index (Phi) is 4.99. The monoisotopic (exact) mass is 378 g/mol. The summed E-state index contributed by atoms with van der Waals surface area (Å²) in [5.74, 6) is 1.77. The van der Waals surface area contributed by atoms with Gasteiger partial charge in [0.15, 0.2) is 0 Å². The lowest BCUT2D eigenvalue weighted by atomic mass is 9.87. The average Bonchev–Trinajstić information content (AvgIpc) is 3.08. The van der Waals surface area contributed by atoms with E-state index in [0.29, 0.717) is 23.0 Å². The Morgan fingerprint density at radius 3 is 2.32 bits per heavy atom. The van der Waals surface area contributed by atoms with E-state index in [4.69, 9.17) is 9.47 Å². The van der Waals surface area contributed by atoms with Crippen LogP contribution in [0.25, 0.3) is 10.9 Å². The van der Waals surface area contributed by atoms with E-state index in [1.54, 1.807) is 32.4 Å². The first-order valence-electron chi connectivity index (χ1n) is 9.70. The summed E-state index contributed by atoms with van der Waals surface area (Å²) in [6.45, 7) is 3.65. The Morgan fingerprint density at radius 2 is 1.68 bits per heavy atom. The summed E-state index contributed by atoms with van der Waals surface area (Å²) in [5, 5.41) is 1.31. The molecular weight excluding hydrogens is 352 g/mol. The fourth-order valence-electron chi connectivity index (χ4n) is 4.31. The molecule has 0 aliphatic carbocycles. The molecule has 3 aromatic rings. The number of amides is 1. The number of fused-ring (bicyclic) bond motifs is 1. The molecule has 146 valence electrons. The molecule has 1 N–H and O–H groups in total. The van der Waals surface area contributed by atoms with Gasteiger partial charge >= 0.3 is 0 Å². The van der Waals surface area contributed by atoms with E-state index in [0.717, 1.165) is 25.9 Å². The summed E-state index contributed by atoms with van der Waals surface area (Å²) >= 11 is 0. The molecule has 28 heavy (non-hydrogen) atoms. The highest BCUT2D eigenvalue weighted by Crippen LogP contribution is 2.36. The number of nitrogens with zero attached hydrogens (tertiary/aromatic N) is 1. The van der Waals surface area contributed by atoms with E-state index in [1.165, 1.54) is 22.2 Å². The first kappa shape index (κ1) is 18.4. The van der Waals surface area contributed by atoms with E-state index in [1.807, 2.05) is 4.90 Å². The number of aromatic amines is 1. The van der Waals surface area contributed by atoms with E-state index >= 15 is 0 Å². The quantitative estimate of drug-likeness (QED) is 0.727. The maximum atomic E-state index is 13.0. The molecule has 2 aromatic carbocycles. The van der Waals surface area contributed by atoms with Crippen molar-refractivity contribution in [1.29, 1.82) is 0 Å². The summed E-state index contributed by atoms with van der Waals surface area (Å²) in [7, 11) is 3.19. The van der Waals surface area contributed by atoms with Crippen LogP contribution in [-0.2, 0) is 0 Å². The van der Waals surface area contributed by atoms with Crippen molar-refractivity contribution in [2.75, 3.05) is 27.3 Å². The van der Waals surface area contributed by atoms with Crippen LogP contribution in [0, 0.1) is 6.92 Å². The van der Waals surface area contributed by atoms with Crippen LogP contribution in [0.2, 0.25) is 0 Å². The Morgan fingerprint density at radius 1 is 1.04 bits per heavy atom. The van der Waals surface area contributed by atoms with Gasteiger partial charge in [-0.1, -0.05) is 18.2 Å². The number of hydrogen-bond donors (Lipinski definition) is 1. The maximum absolute atomic E-state index is 13.0. The van der Waals surface area contributed by atoms with Crippen LogP contribution in [-0.4, -0.2) is 43.1 Å². The Hall–Kier alpha value is -2.95. The number of para-hydroxylation sites is 1. The van der Waals surface area contributed by atoms with E-state index in [-0.39, 0.29) is 5.91 Å². The molecule has 1 amide bonds. The lowest BCUT2D eigenvalue weighted by molar-refractivity contribution is 0.0712. The highest BCUT2D eigenvalue weighted by atomic mass is 16.5. The fraction of sp³-hybridized carbons (Fsp3) is 0.348. The highest BCUT2D eigenvalue weighted by molar-refractivity contribution is 5.95. The van der Waals surface area contributed by atoms with Crippen LogP contribution in [0.1, 0.15) is 40.4 Å². The van der Waals surface area contributed by atoms with Gasteiger partial charge in [-0.25, -0.2) is 0 Å². The topological polar surface area (TPSA) is 54.6 Å². The van der Waals surface area contributed by atoms with Crippen molar-refractivity contribution in [3.8, 4) is 11.5 Å². The van der Waals surface area contributed by atoms with Gasteiger partial charge in [0.1, 0.15) is 11.5 Å². The zero-order valence-corrected chi connectivity index (χ0v) is 16.6. The number of aryl methyl sites for hydroxylation is 1. The third-order valence-electron chi connectivity index (χ3n) is 5.73. The Labute approximate surface area is 165 Å². The molecule has 1 aromatic heterocycles. The molecular formula is C23H26N2O3. The van der Waals surface area contributed by atoms with E-state index < -0.39 is 0 Å². The third-order valence-corrected chi connectivity index (χ3v) is 5.73. The largest absolute Gasteiger partial charge is 0.497 e. The molecule has 0 atom stereocenters. The lowest BCUT2D eigenvalue weighted by Crippen LogP contribution is -2.38. The molecule has 1 saturated heterocycles. The lowest BCUT2D eigenvalue weighted by Gasteiger charge is -2.32. The third kappa shape index (κ3) is 3.33. The van der Waals surface area contributed by atoms with E-state index in [9.17, 15) is 4.79 Å². The number of hydrogen-bond acceptors (Lipinski definition) is 3. The molecule has 5 nitrogen and oxygen atoms in total. The molecule has 1 aliphatic heterocycles. The number of methoxy groups -OCH3 is 2. The van der Waals surface area contributed by atoms with Crippen molar-refractivity contribution in [3.63, 3.8) is 0 Å². The van der Waals surface area contributed by atoms with Crippen LogP contribution in [0.15, 0.2) is 42.5 Å². The number of likely N-dealkylation sites (tertiary alicyclic amines) is 1. The minimum atomic E-state index is 0.0336.